The summed E-state index contributed by atoms with van der Waals surface area (Å²) >= 11 is 0. The Labute approximate surface area is 144 Å². The number of carbonyl (C=O) groups is 1. The number of benzene rings is 2. The van der Waals surface area contributed by atoms with Crippen LogP contribution in [-0.2, 0) is 21.1 Å². The van der Waals surface area contributed by atoms with Gasteiger partial charge in [-0.25, -0.2) is 17.2 Å². The number of aliphatic carboxylic acids is 1. The molecule has 1 aliphatic carbocycles. The van der Waals surface area contributed by atoms with Gasteiger partial charge in [-0.05, 0) is 48.6 Å². The highest BCUT2D eigenvalue weighted by atomic mass is 32.2. The molecule has 2 aromatic rings. The van der Waals surface area contributed by atoms with Gasteiger partial charge in [0, 0.05) is 6.07 Å². The van der Waals surface area contributed by atoms with Crippen LogP contribution in [0.3, 0.4) is 0 Å². The molecule has 132 valence electrons. The van der Waals surface area contributed by atoms with E-state index in [0.29, 0.717) is 24.5 Å². The quantitative estimate of drug-likeness (QED) is 0.851. The molecular formula is C18H16F2O4S. The van der Waals surface area contributed by atoms with E-state index in [0.717, 1.165) is 6.07 Å². The maximum Gasteiger partial charge on any atom is 0.311 e. The van der Waals surface area contributed by atoms with Crippen LogP contribution in [0.1, 0.15) is 29.9 Å². The van der Waals surface area contributed by atoms with Crippen molar-refractivity contribution in [1.29, 1.82) is 0 Å². The summed E-state index contributed by atoms with van der Waals surface area (Å²) in [6, 6.07) is 8.65. The monoisotopic (exact) mass is 366 g/mol. The van der Waals surface area contributed by atoms with E-state index in [9.17, 15) is 27.1 Å². The van der Waals surface area contributed by atoms with E-state index in [2.05, 4.69) is 0 Å². The average Bonchev–Trinajstić information content (AvgIpc) is 3.39. The van der Waals surface area contributed by atoms with Crippen molar-refractivity contribution >= 4 is 15.8 Å². The topological polar surface area (TPSA) is 71.4 Å². The Balaban J connectivity index is 1.87. The molecule has 0 saturated heterocycles. The molecule has 1 fully saturated rings. The fourth-order valence-electron chi connectivity index (χ4n) is 2.72. The molecule has 0 aliphatic heterocycles. The van der Waals surface area contributed by atoms with Gasteiger partial charge in [0.15, 0.2) is 9.84 Å². The summed E-state index contributed by atoms with van der Waals surface area (Å²) in [6.07, 6.45) is 1.13. The molecule has 0 spiro atoms. The van der Waals surface area contributed by atoms with Crippen LogP contribution < -0.4 is 0 Å². The second kappa shape index (κ2) is 6.55. The standard InChI is InChI=1S/C18H16F2O4S/c19-13-4-1-12(17(20)10-13)9-16(18(21)22)11-2-5-14(6-3-11)25(23,24)15-7-8-15/h1-6,10,15-16H,7-9H2,(H,21,22). The molecule has 25 heavy (non-hydrogen) atoms. The Morgan fingerprint density at radius 2 is 1.76 bits per heavy atom. The predicted molar refractivity (Wildman–Crippen MR) is 87.1 cm³/mol. The fraction of sp³-hybridized carbons (Fsp3) is 0.278. The van der Waals surface area contributed by atoms with Gasteiger partial charge >= 0.3 is 5.97 Å². The van der Waals surface area contributed by atoms with Crippen molar-refractivity contribution in [1.82, 2.24) is 0 Å². The second-order valence-corrected chi connectivity index (χ2v) is 8.37. The van der Waals surface area contributed by atoms with Crippen LogP contribution in [0, 0.1) is 11.6 Å². The summed E-state index contributed by atoms with van der Waals surface area (Å²) in [7, 11) is -3.35. The van der Waals surface area contributed by atoms with Crippen molar-refractivity contribution in [3.05, 3.63) is 65.2 Å². The first-order chi connectivity index (χ1) is 11.8. The third-order valence-corrected chi connectivity index (χ3v) is 6.59. The highest BCUT2D eigenvalue weighted by molar-refractivity contribution is 7.92. The molecule has 7 heteroatoms. The molecule has 0 radical (unpaired) electrons. The average molecular weight is 366 g/mol. The van der Waals surface area contributed by atoms with Crippen LogP contribution in [-0.4, -0.2) is 24.7 Å². The van der Waals surface area contributed by atoms with Crippen LogP contribution in [0.4, 0.5) is 8.78 Å². The van der Waals surface area contributed by atoms with Crippen molar-refractivity contribution in [2.75, 3.05) is 0 Å². The van der Waals surface area contributed by atoms with Crippen molar-refractivity contribution in [2.24, 2.45) is 0 Å². The lowest BCUT2D eigenvalue weighted by Gasteiger charge is -2.14. The summed E-state index contributed by atoms with van der Waals surface area (Å²) in [4.78, 5) is 11.7. The minimum Gasteiger partial charge on any atom is -0.481 e. The summed E-state index contributed by atoms with van der Waals surface area (Å²) in [6.45, 7) is 0. The Hall–Kier alpha value is -2.28. The second-order valence-electron chi connectivity index (χ2n) is 6.14. The highest BCUT2D eigenvalue weighted by Gasteiger charge is 2.36. The van der Waals surface area contributed by atoms with Crippen LogP contribution in [0.2, 0.25) is 0 Å². The van der Waals surface area contributed by atoms with Crippen LogP contribution in [0.5, 0.6) is 0 Å². The number of halogens is 2. The molecule has 1 saturated carbocycles. The van der Waals surface area contributed by atoms with Crippen molar-refractivity contribution in [3.8, 4) is 0 Å². The van der Waals surface area contributed by atoms with Gasteiger partial charge in [0.2, 0.25) is 0 Å². The number of hydrogen-bond donors (Lipinski definition) is 1. The fourth-order valence-corrected chi connectivity index (χ4v) is 4.37. The van der Waals surface area contributed by atoms with Crippen molar-refractivity contribution < 1.29 is 27.1 Å². The van der Waals surface area contributed by atoms with Gasteiger partial charge in [0.05, 0.1) is 16.1 Å². The number of rotatable bonds is 6. The normalized spacial score (nSPS) is 15.8. The van der Waals surface area contributed by atoms with Gasteiger partial charge < -0.3 is 5.11 Å². The number of sulfone groups is 1. The molecule has 4 nitrogen and oxygen atoms in total. The molecule has 0 aromatic heterocycles. The zero-order valence-electron chi connectivity index (χ0n) is 13.2. The molecular weight excluding hydrogens is 350 g/mol. The zero-order chi connectivity index (χ0) is 18.2. The van der Waals surface area contributed by atoms with E-state index in [1.807, 2.05) is 0 Å². The number of carboxylic acids is 1. The third kappa shape index (κ3) is 3.71. The van der Waals surface area contributed by atoms with Crippen LogP contribution in [0.25, 0.3) is 0 Å². The van der Waals surface area contributed by atoms with Gasteiger partial charge in [-0.3, -0.25) is 4.79 Å². The summed E-state index contributed by atoms with van der Waals surface area (Å²) in [5, 5.41) is 9.10. The zero-order valence-corrected chi connectivity index (χ0v) is 14.0. The first kappa shape index (κ1) is 17.5. The minimum atomic E-state index is -3.35. The first-order valence-electron chi connectivity index (χ1n) is 7.79. The molecule has 1 N–H and O–H groups in total. The Kier molecular flexibility index (Phi) is 4.60. The highest BCUT2D eigenvalue weighted by Crippen LogP contribution is 2.34. The largest absolute Gasteiger partial charge is 0.481 e. The van der Waals surface area contributed by atoms with E-state index in [4.69, 9.17) is 0 Å². The summed E-state index contributed by atoms with van der Waals surface area (Å²) < 4.78 is 51.1. The number of carboxylic acid groups (broad SMARTS) is 1. The first-order valence-corrected chi connectivity index (χ1v) is 9.34. The van der Waals surface area contributed by atoms with Gasteiger partial charge in [-0.1, -0.05) is 18.2 Å². The van der Waals surface area contributed by atoms with Gasteiger partial charge in [-0.15, -0.1) is 0 Å². The summed E-state index contributed by atoms with van der Waals surface area (Å²) in [5.41, 5.74) is 0.453. The molecule has 0 bridgehead atoms. The molecule has 3 rings (SSSR count). The minimum absolute atomic E-state index is 0.0866. The van der Waals surface area contributed by atoms with Crippen molar-refractivity contribution in [3.63, 3.8) is 0 Å². The Morgan fingerprint density at radius 3 is 2.28 bits per heavy atom. The van der Waals surface area contributed by atoms with E-state index < -0.39 is 33.4 Å². The van der Waals surface area contributed by atoms with E-state index in [1.54, 1.807) is 0 Å². The molecule has 2 aromatic carbocycles. The van der Waals surface area contributed by atoms with Gasteiger partial charge in [0.25, 0.3) is 0 Å². The van der Waals surface area contributed by atoms with E-state index in [1.165, 1.54) is 30.3 Å². The third-order valence-electron chi connectivity index (χ3n) is 4.31. The number of hydrogen-bond acceptors (Lipinski definition) is 3. The maximum atomic E-state index is 13.8. The van der Waals surface area contributed by atoms with Gasteiger partial charge in [-0.2, -0.15) is 0 Å². The lowest BCUT2D eigenvalue weighted by molar-refractivity contribution is -0.138. The van der Waals surface area contributed by atoms with Gasteiger partial charge in [0.1, 0.15) is 11.6 Å². The molecule has 1 aliphatic rings. The molecule has 0 heterocycles. The predicted octanol–water partition coefficient (Wildman–Crippen LogP) is 3.31. The van der Waals surface area contributed by atoms with Crippen molar-refractivity contribution in [2.45, 2.75) is 35.3 Å². The summed E-state index contributed by atoms with van der Waals surface area (Å²) in [5.74, 6) is -3.76. The molecule has 0 amide bonds. The van der Waals surface area contributed by atoms with Crippen LogP contribution in [0.15, 0.2) is 47.4 Å². The molecule has 1 atom stereocenters. The van der Waals surface area contributed by atoms with Crippen LogP contribution >= 0.6 is 0 Å². The molecule has 1 unspecified atom stereocenters. The Morgan fingerprint density at radius 1 is 1.12 bits per heavy atom. The lowest BCUT2D eigenvalue weighted by Crippen LogP contribution is -2.16. The Bertz CT molecular complexity index is 903. The lowest BCUT2D eigenvalue weighted by atomic mass is 9.92. The van der Waals surface area contributed by atoms with E-state index >= 15 is 0 Å². The maximum absolute atomic E-state index is 13.8. The van der Waals surface area contributed by atoms with E-state index in [-0.39, 0.29) is 22.1 Å². The smallest absolute Gasteiger partial charge is 0.311 e. The SMILES string of the molecule is O=C(O)C(Cc1ccc(F)cc1F)c1ccc(S(=O)(=O)C2CC2)cc1.